The largest absolute Gasteiger partial charge is 0.501 e. The Balaban J connectivity index is 1.47. The number of allylic oxidation sites excluding steroid dienone is 3. The predicted molar refractivity (Wildman–Crippen MR) is 141 cm³/mol. The Morgan fingerprint density at radius 1 is 0.917 bits per heavy atom. The summed E-state index contributed by atoms with van der Waals surface area (Å²) in [4.78, 5) is 23.7. The van der Waals surface area contributed by atoms with Gasteiger partial charge in [0.25, 0.3) is 0 Å². The molecule has 0 aliphatic heterocycles. The molecule has 8 unspecified atom stereocenters. The Kier molecular flexibility index (Phi) is 7.70. The summed E-state index contributed by atoms with van der Waals surface area (Å²) in [6, 6.07) is 0. The van der Waals surface area contributed by atoms with Gasteiger partial charge in [0.05, 0.1) is 12.9 Å². The number of carbonyl (C=O) groups is 2. The maximum Gasteiger partial charge on any atom is 0.331 e. The summed E-state index contributed by atoms with van der Waals surface area (Å²) in [6.07, 6.45) is 16.1. The Labute approximate surface area is 218 Å². The van der Waals surface area contributed by atoms with Crippen molar-refractivity contribution >= 4 is 11.9 Å². The summed E-state index contributed by atoms with van der Waals surface area (Å²) >= 11 is 0. The molecule has 4 fully saturated rings. The second kappa shape index (κ2) is 10.2. The lowest BCUT2D eigenvalue weighted by atomic mass is 9.44. The van der Waals surface area contributed by atoms with E-state index in [0.717, 1.165) is 42.8 Å². The highest BCUT2D eigenvalue weighted by Gasteiger charge is 2.61. The van der Waals surface area contributed by atoms with Gasteiger partial charge in [-0.3, -0.25) is 4.79 Å². The number of fused-ring (bicyclic) bond motifs is 5. The average Bonchev–Trinajstić information content (AvgIpc) is 3.12. The van der Waals surface area contributed by atoms with Gasteiger partial charge in [-0.25, -0.2) is 4.79 Å². The molecule has 8 atom stereocenters. The lowest BCUT2D eigenvalue weighted by Gasteiger charge is -2.61. The molecule has 5 heteroatoms. The normalized spacial score (nSPS) is 40.7. The van der Waals surface area contributed by atoms with Crippen LogP contribution in [0, 0.1) is 40.4 Å². The van der Waals surface area contributed by atoms with Crippen LogP contribution in [0.4, 0.5) is 0 Å². The number of methoxy groups -OCH3 is 1. The molecule has 0 bridgehead atoms. The zero-order valence-corrected chi connectivity index (χ0v) is 23.6. The highest BCUT2D eigenvalue weighted by atomic mass is 16.6. The number of carbonyl (C=O) groups excluding carboxylic acids is 2. The van der Waals surface area contributed by atoms with E-state index in [1.807, 2.05) is 26.8 Å². The molecule has 0 heterocycles. The molecule has 0 spiro atoms. The van der Waals surface area contributed by atoms with Crippen molar-refractivity contribution in [3.05, 3.63) is 24.0 Å². The zero-order chi connectivity index (χ0) is 26.3. The smallest absolute Gasteiger partial charge is 0.331 e. The van der Waals surface area contributed by atoms with E-state index in [1.165, 1.54) is 44.6 Å². The summed E-state index contributed by atoms with van der Waals surface area (Å²) in [7, 11) is 1.77. The first-order valence-corrected chi connectivity index (χ1v) is 14.2. The molecule has 202 valence electrons. The summed E-state index contributed by atoms with van der Waals surface area (Å²) in [6.45, 7) is 12.2. The van der Waals surface area contributed by atoms with Crippen molar-refractivity contribution in [1.29, 1.82) is 0 Å². The summed E-state index contributed by atoms with van der Waals surface area (Å²) < 4.78 is 17.0. The average molecular weight is 501 g/mol. The van der Waals surface area contributed by atoms with E-state index in [0.29, 0.717) is 17.3 Å². The van der Waals surface area contributed by atoms with Crippen LogP contribution in [0.5, 0.6) is 0 Å². The third kappa shape index (κ3) is 5.27. The Morgan fingerprint density at radius 3 is 2.28 bits per heavy atom. The molecule has 0 radical (unpaired) electrons. The minimum atomic E-state index is -0.491. The van der Waals surface area contributed by atoms with E-state index < -0.39 is 5.60 Å². The van der Waals surface area contributed by atoms with Crippen molar-refractivity contribution < 1.29 is 23.8 Å². The van der Waals surface area contributed by atoms with Crippen LogP contribution in [-0.4, -0.2) is 30.8 Å². The molecular formula is C31H48O5. The van der Waals surface area contributed by atoms with E-state index in [4.69, 9.17) is 14.2 Å². The van der Waals surface area contributed by atoms with E-state index in [9.17, 15) is 9.59 Å². The van der Waals surface area contributed by atoms with Gasteiger partial charge in [-0.05, 0) is 119 Å². The van der Waals surface area contributed by atoms with Gasteiger partial charge in [0, 0.05) is 18.9 Å². The molecule has 5 nitrogen and oxygen atoms in total. The first-order valence-electron chi connectivity index (χ1n) is 14.2. The van der Waals surface area contributed by atoms with Crippen molar-refractivity contribution in [3.63, 3.8) is 0 Å². The third-order valence-corrected chi connectivity index (χ3v) is 10.4. The zero-order valence-electron chi connectivity index (χ0n) is 23.6. The number of ether oxygens (including phenoxy) is 3. The molecule has 4 saturated carbocycles. The highest BCUT2D eigenvalue weighted by molar-refractivity contribution is 5.82. The van der Waals surface area contributed by atoms with Gasteiger partial charge in [-0.2, -0.15) is 0 Å². The second-order valence-corrected chi connectivity index (χ2v) is 13.5. The van der Waals surface area contributed by atoms with Crippen LogP contribution in [0.2, 0.25) is 0 Å². The fourth-order valence-electron chi connectivity index (χ4n) is 8.91. The van der Waals surface area contributed by atoms with E-state index in [-0.39, 0.29) is 23.5 Å². The van der Waals surface area contributed by atoms with Crippen LogP contribution in [-0.2, 0) is 23.8 Å². The van der Waals surface area contributed by atoms with Gasteiger partial charge in [0.15, 0.2) is 0 Å². The Bertz CT molecular complexity index is 897. The lowest BCUT2D eigenvalue weighted by Crippen LogP contribution is -2.54. The number of hydrogen-bond donors (Lipinski definition) is 0. The SMILES string of the molecule is COC(=CC=CC(=O)OC(C)(C)C)C1CCC2C3CCC4CC(OC(C)=O)CCC4(C)C3CCC12C. The molecule has 4 aliphatic rings. The Hall–Kier alpha value is -1.78. The first-order chi connectivity index (χ1) is 16.9. The monoisotopic (exact) mass is 500 g/mol. The van der Waals surface area contributed by atoms with Gasteiger partial charge in [-0.1, -0.05) is 19.9 Å². The summed E-state index contributed by atoms with van der Waals surface area (Å²) in [5, 5.41) is 0. The first kappa shape index (κ1) is 27.3. The lowest BCUT2D eigenvalue weighted by molar-refractivity contribution is -0.160. The molecule has 0 amide bonds. The molecule has 0 aromatic heterocycles. The van der Waals surface area contributed by atoms with Crippen molar-refractivity contribution in [3.8, 4) is 0 Å². The fourth-order valence-corrected chi connectivity index (χ4v) is 8.91. The second-order valence-electron chi connectivity index (χ2n) is 13.5. The van der Waals surface area contributed by atoms with Crippen molar-refractivity contribution in [2.45, 2.75) is 111 Å². The van der Waals surface area contributed by atoms with E-state index in [2.05, 4.69) is 13.8 Å². The highest BCUT2D eigenvalue weighted by Crippen LogP contribution is 2.68. The quantitative estimate of drug-likeness (QED) is 0.176. The topological polar surface area (TPSA) is 61.8 Å². The van der Waals surface area contributed by atoms with Gasteiger partial charge in [0.1, 0.15) is 11.7 Å². The van der Waals surface area contributed by atoms with Crippen LogP contribution in [0.3, 0.4) is 0 Å². The van der Waals surface area contributed by atoms with Gasteiger partial charge in [0.2, 0.25) is 0 Å². The number of rotatable bonds is 5. The molecule has 0 N–H and O–H groups in total. The van der Waals surface area contributed by atoms with Crippen LogP contribution in [0.1, 0.15) is 99.3 Å². The minimum Gasteiger partial charge on any atom is -0.501 e. The summed E-state index contributed by atoms with van der Waals surface area (Å²) in [5.41, 5.74) is 0.116. The molecular weight excluding hydrogens is 452 g/mol. The summed E-state index contributed by atoms with van der Waals surface area (Å²) in [5.74, 6) is 3.87. The minimum absolute atomic E-state index is 0.116. The molecule has 4 aliphatic carbocycles. The number of hydrogen-bond acceptors (Lipinski definition) is 5. The molecule has 0 aromatic rings. The molecule has 0 aromatic carbocycles. The van der Waals surface area contributed by atoms with Crippen LogP contribution >= 0.6 is 0 Å². The van der Waals surface area contributed by atoms with Crippen molar-refractivity contribution in [1.82, 2.24) is 0 Å². The molecule has 4 rings (SSSR count). The van der Waals surface area contributed by atoms with E-state index >= 15 is 0 Å². The van der Waals surface area contributed by atoms with E-state index in [1.54, 1.807) is 20.1 Å². The fraction of sp³-hybridized carbons (Fsp3) is 0.806. The Morgan fingerprint density at radius 2 is 1.61 bits per heavy atom. The van der Waals surface area contributed by atoms with Crippen molar-refractivity contribution in [2.24, 2.45) is 40.4 Å². The van der Waals surface area contributed by atoms with Crippen LogP contribution < -0.4 is 0 Å². The maximum absolute atomic E-state index is 12.1. The third-order valence-electron chi connectivity index (χ3n) is 10.4. The van der Waals surface area contributed by atoms with Crippen LogP contribution in [0.25, 0.3) is 0 Å². The maximum atomic E-state index is 12.1. The van der Waals surface area contributed by atoms with Crippen LogP contribution in [0.15, 0.2) is 24.0 Å². The van der Waals surface area contributed by atoms with Crippen molar-refractivity contribution in [2.75, 3.05) is 7.11 Å². The standard InChI is InChI=1S/C31H48O5/c1-20(32)35-22-15-17-30(5)21(19-22)11-12-23-24-13-14-26(31(24,6)18-16-25(23)30)27(34-7)9-8-10-28(33)36-29(2,3)4/h8-10,21-26H,11-19H2,1-7H3. The predicted octanol–water partition coefficient (Wildman–Crippen LogP) is 7.01. The number of esters is 2. The molecule has 36 heavy (non-hydrogen) atoms. The van der Waals surface area contributed by atoms with Gasteiger partial charge < -0.3 is 14.2 Å². The van der Waals surface area contributed by atoms with Gasteiger partial charge >= 0.3 is 11.9 Å². The molecule has 0 saturated heterocycles. The van der Waals surface area contributed by atoms with Gasteiger partial charge in [-0.15, -0.1) is 0 Å².